The summed E-state index contributed by atoms with van der Waals surface area (Å²) in [4.78, 5) is 22.4. The van der Waals surface area contributed by atoms with Crippen molar-refractivity contribution in [2.45, 2.75) is 0 Å². The Labute approximate surface area is 159 Å². The molecule has 0 atom stereocenters. The molecular weight excluding hydrogens is 368 g/mol. The number of hydrazine groups is 1. The van der Waals surface area contributed by atoms with Gasteiger partial charge in [-0.15, -0.1) is 0 Å². The molecule has 2 aromatic carbocycles. The van der Waals surface area contributed by atoms with Crippen LogP contribution in [0.3, 0.4) is 0 Å². The molecule has 27 heavy (non-hydrogen) atoms. The molecule has 0 saturated heterocycles. The van der Waals surface area contributed by atoms with Crippen molar-refractivity contribution < 1.29 is 14.1 Å². The average molecular weight is 382 g/mol. The number of nitrogens with one attached hydrogen (secondary N) is 3. The molecule has 8 nitrogen and oxygen atoms in total. The van der Waals surface area contributed by atoms with E-state index in [1.54, 1.807) is 18.2 Å². The van der Waals surface area contributed by atoms with Gasteiger partial charge in [0.25, 0.3) is 5.69 Å². The second-order valence-corrected chi connectivity index (χ2v) is 5.78. The highest BCUT2D eigenvalue weighted by Gasteiger charge is 2.13. The molecule has 0 fully saturated rings. The number of carbonyl (C=O) groups is 1. The molecule has 3 aromatic rings. The third-order valence-electron chi connectivity index (χ3n) is 3.51. The second kappa shape index (κ2) is 8.11. The Morgan fingerprint density at radius 3 is 2.33 bits per heavy atom. The van der Waals surface area contributed by atoms with Crippen LogP contribution in [0.4, 0.5) is 11.4 Å². The van der Waals surface area contributed by atoms with Crippen molar-refractivity contribution in [2.24, 2.45) is 0 Å². The molecule has 0 spiro atoms. The van der Waals surface area contributed by atoms with Gasteiger partial charge >= 0.3 is 5.91 Å². The molecule has 0 unspecified atom stereocenters. The van der Waals surface area contributed by atoms with Gasteiger partial charge in [0.2, 0.25) is 0 Å². The first-order valence-corrected chi connectivity index (χ1v) is 8.21. The van der Waals surface area contributed by atoms with Gasteiger partial charge < -0.3 is 9.73 Å². The number of carbonyl (C=O) groups excluding carboxylic acids is 1. The standard InChI is InChI=1S/C18H14N4O4S/c23-17(20-21-18(27)19-13-4-2-1-3-5-13)16-11-10-15(26-16)12-6-8-14(9-7-12)22(24)25/h1-11H,(H,20,23)(H2,19,21,27). The summed E-state index contributed by atoms with van der Waals surface area (Å²) in [6, 6.07) is 18.2. The highest BCUT2D eigenvalue weighted by atomic mass is 32.1. The Bertz CT molecular complexity index is 971. The summed E-state index contributed by atoms with van der Waals surface area (Å²) in [6.07, 6.45) is 0. The van der Waals surface area contributed by atoms with Crippen LogP contribution in [0.1, 0.15) is 10.6 Å². The van der Waals surface area contributed by atoms with E-state index in [0.29, 0.717) is 11.3 Å². The highest BCUT2D eigenvalue weighted by Crippen LogP contribution is 2.24. The van der Waals surface area contributed by atoms with E-state index < -0.39 is 10.8 Å². The van der Waals surface area contributed by atoms with Gasteiger partial charge in [-0.05, 0) is 48.6 Å². The maximum Gasteiger partial charge on any atom is 0.305 e. The number of furan rings is 1. The van der Waals surface area contributed by atoms with Crippen LogP contribution in [0.15, 0.2) is 71.1 Å². The Hall–Kier alpha value is -3.72. The van der Waals surface area contributed by atoms with Gasteiger partial charge in [-0.3, -0.25) is 25.8 Å². The monoisotopic (exact) mass is 382 g/mol. The number of rotatable bonds is 4. The van der Waals surface area contributed by atoms with Crippen LogP contribution in [0.2, 0.25) is 0 Å². The van der Waals surface area contributed by atoms with Crippen molar-refractivity contribution in [2.75, 3.05) is 5.32 Å². The van der Waals surface area contributed by atoms with E-state index in [-0.39, 0.29) is 16.6 Å². The fourth-order valence-electron chi connectivity index (χ4n) is 2.22. The van der Waals surface area contributed by atoms with Gasteiger partial charge in [-0.2, -0.15) is 0 Å². The number of non-ortho nitro benzene ring substituents is 1. The van der Waals surface area contributed by atoms with Gasteiger partial charge in [-0.25, -0.2) is 0 Å². The van der Waals surface area contributed by atoms with Crippen LogP contribution >= 0.6 is 12.2 Å². The van der Waals surface area contributed by atoms with Gasteiger partial charge in [0.1, 0.15) is 5.76 Å². The largest absolute Gasteiger partial charge is 0.451 e. The quantitative estimate of drug-likeness (QED) is 0.360. The van der Waals surface area contributed by atoms with Crippen LogP contribution in [0, 0.1) is 10.1 Å². The van der Waals surface area contributed by atoms with E-state index in [2.05, 4.69) is 16.2 Å². The maximum atomic E-state index is 12.1. The lowest BCUT2D eigenvalue weighted by Crippen LogP contribution is -2.43. The first-order chi connectivity index (χ1) is 13.0. The summed E-state index contributed by atoms with van der Waals surface area (Å²) in [5.41, 5.74) is 6.39. The molecule has 1 amide bonds. The van der Waals surface area contributed by atoms with Crippen LogP contribution in [-0.4, -0.2) is 15.9 Å². The van der Waals surface area contributed by atoms with Crippen molar-refractivity contribution in [1.82, 2.24) is 10.9 Å². The zero-order chi connectivity index (χ0) is 19.2. The minimum Gasteiger partial charge on any atom is -0.451 e. The second-order valence-electron chi connectivity index (χ2n) is 5.37. The zero-order valence-corrected chi connectivity index (χ0v) is 14.7. The lowest BCUT2D eigenvalue weighted by Gasteiger charge is -2.10. The first kappa shape index (κ1) is 18.1. The number of para-hydroxylation sites is 1. The number of anilines is 1. The summed E-state index contributed by atoms with van der Waals surface area (Å²) >= 11 is 5.10. The number of nitro groups is 1. The van der Waals surface area contributed by atoms with Gasteiger partial charge in [0.15, 0.2) is 10.9 Å². The van der Waals surface area contributed by atoms with E-state index in [9.17, 15) is 14.9 Å². The molecule has 0 saturated carbocycles. The summed E-state index contributed by atoms with van der Waals surface area (Å²) < 4.78 is 5.50. The van der Waals surface area contributed by atoms with Crippen LogP contribution < -0.4 is 16.2 Å². The summed E-state index contributed by atoms with van der Waals surface area (Å²) in [5.74, 6) is -0.0289. The summed E-state index contributed by atoms with van der Waals surface area (Å²) in [5, 5.41) is 13.8. The molecule has 0 aliphatic carbocycles. The van der Waals surface area contributed by atoms with E-state index in [1.807, 2.05) is 30.3 Å². The fourth-order valence-corrected chi connectivity index (χ4v) is 2.39. The third kappa shape index (κ3) is 4.67. The predicted octanol–water partition coefficient (Wildman–Crippen LogP) is 3.49. The molecule has 9 heteroatoms. The van der Waals surface area contributed by atoms with Crippen molar-refractivity contribution in [3.05, 3.63) is 82.6 Å². The van der Waals surface area contributed by atoms with Crippen LogP contribution in [0.5, 0.6) is 0 Å². The van der Waals surface area contributed by atoms with Gasteiger partial charge in [-0.1, -0.05) is 18.2 Å². The number of hydrogen-bond donors (Lipinski definition) is 3. The SMILES string of the molecule is O=C(NNC(=S)Nc1ccccc1)c1ccc(-c2ccc([N+](=O)[O-])cc2)o1. The Balaban J connectivity index is 1.58. The minimum atomic E-state index is -0.514. The van der Waals surface area contributed by atoms with Crippen molar-refractivity contribution in [3.8, 4) is 11.3 Å². The van der Waals surface area contributed by atoms with E-state index in [4.69, 9.17) is 16.6 Å². The number of benzene rings is 2. The summed E-state index contributed by atoms with van der Waals surface area (Å²) in [6.45, 7) is 0. The van der Waals surface area contributed by atoms with E-state index in [1.165, 1.54) is 18.2 Å². The molecule has 0 bridgehead atoms. The Morgan fingerprint density at radius 1 is 0.963 bits per heavy atom. The van der Waals surface area contributed by atoms with Crippen LogP contribution in [-0.2, 0) is 0 Å². The smallest absolute Gasteiger partial charge is 0.305 e. The molecule has 136 valence electrons. The highest BCUT2D eigenvalue weighted by molar-refractivity contribution is 7.80. The minimum absolute atomic E-state index is 0.0214. The lowest BCUT2D eigenvalue weighted by molar-refractivity contribution is -0.384. The van der Waals surface area contributed by atoms with Crippen molar-refractivity contribution in [1.29, 1.82) is 0 Å². The predicted molar refractivity (Wildman–Crippen MR) is 104 cm³/mol. The number of nitro benzene ring substituents is 1. The molecule has 1 heterocycles. The number of nitrogens with zero attached hydrogens (tertiary/aromatic N) is 1. The van der Waals surface area contributed by atoms with Gasteiger partial charge in [0, 0.05) is 23.4 Å². The Morgan fingerprint density at radius 2 is 1.67 bits per heavy atom. The molecule has 3 rings (SSSR count). The van der Waals surface area contributed by atoms with Crippen LogP contribution in [0.25, 0.3) is 11.3 Å². The van der Waals surface area contributed by atoms with Crippen molar-refractivity contribution >= 4 is 34.6 Å². The topological polar surface area (TPSA) is 109 Å². The van der Waals surface area contributed by atoms with E-state index in [0.717, 1.165) is 5.69 Å². The molecule has 3 N–H and O–H groups in total. The normalized spacial score (nSPS) is 10.1. The molecule has 0 radical (unpaired) electrons. The molecule has 0 aliphatic rings. The molecule has 0 aliphatic heterocycles. The van der Waals surface area contributed by atoms with Gasteiger partial charge in [0.05, 0.1) is 4.92 Å². The van der Waals surface area contributed by atoms with E-state index >= 15 is 0 Å². The number of amides is 1. The van der Waals surface area contributed by atoms with Crippen molar-refractivity contribution in [3.63, 3.8) is 0 Å². The third-order valence-corrected chi connectivity index (χ3v) is 3.72. The summed E-state index contributed by atoms with van der Waals surface area (Å²) in [7, 11) is 0. The average Bonchev–Trinajstić information content (AvgIpc) is 3.17. The lowest BCUT2D eigenvalue weighted by atomic mass is 10.1. The first-order valence-electron chi connectivity index (χ1n) is 7.80. The molecule has 1 aromatic heterocycles. The zero-order valence-electron chi connectivity index (χ0n) is 13.8. The fraction of sp³-hybridized carbons (Fsp3) is 0. The number of thiocarbonyl (C=S) groups is 1. The molecular formula is C18H14N4O4S. The Kier molecular flexibility index (Phi) is 5.43. The maximum absolute atomic E-state index is 12.1. The number of hydrogen-bond acceptors (Lipinski definition) is 5.